The van der Waals surface area contributed by atoms with Gasteiger partial charge in [0.05, 0.1) is 17.0 Å². The summed E-state index contributed by atoms with van der Waals surface area (Å²) in [4.78, 5) is 13.1. The lowest BCUT2D eigenvalue weighted by atomic mass is 9.90. The van der Waals surface area contributed by atoms with Crippen LogP contribution >= 0.6 is 0 Å². The summed E-state index contributed by atoms with van der Waals surface area (Å²) in [5, 5.41) is 17.8. The molecule has 0 bridgehead atoms. The highest BCUT2D eigenvalue weighted by Crippen LogP contribution is 2.31. The van der Waals surface area contributed by atoms with Gasteiger partial charge in [-0.25, -0.2) is 4.39 Å². The number of nitriles is 1. The van der Waals surface area contributed by atoms with Gasteiger partial charge in [0.15, 0.2) is 0 Å². The molecular formula is C14H15FN2O2. The summed E-state index contributed by atoms with van der Waals surface area (Å²) < 4.78 is 13.7. The quantitative estimate of drug-likeness (QED) is 0.904. The van der Waals surface area contributed by atoms with Crippen LogP contribution in [0, 0.1) is 22.6 Å². The van der Waals surface area contributed by atoms with Crippen LogP contribution in [-0.2, 0) is 11.3 Å². The average molecular weight is 262 g/mol. The molecule has 4 nitrogen and oxygen atoms in total. The Morgan fingerprint density at radius 2 is 2.37 bits per heavy atom. The van der Waals surface area contributed by atoms with Crippen LogP contribution < -0.4 is 0 Å². The lowest BCUT2D eigenvalue weighted by molar-refractivity contribution is -0.147. The molecule has 0 amide bonds. The van der Waals surface area contributed by atoms with E-state index in [1.54, 1.807) is 19.1 Å². The number of carbonyl (C=O) groups is 1. The molecule has 5 heteroatoms. The van der Waals surface area contributed by atoms with Crippen molar-refractivity contribution in [1.29, 1.82) is 5.26 Å². The molecule has 100 valence electrons. The molecule has 1 atom stereocenters. The van der Waals surface area contributed by atoms with Crippen molar-refractivity contribution in [2.24, 2.45) is 5.41 Å². The van der Waals surface area contributed by atoms with Crippen LogP contribution in [-0.4, -0.2) is 29.1 Å². The lowest BCUT2D eigenvalue weighted by Gasteiger charge is -2.20. The molecule has 1 unspecified atom stereocenters. The molecule has 1 heterocycles. The summed E-state index contributed by atoms with van der Waals surface area (Å²) in [7, 11) is 0. The zero-order valence-electron chi connectivity index (χ0n) is 10.7. The Balaban J connectivity index is 2.08. The second-order valence-electron chi connectivity index (χ2n) is 5.24. The summed E-state index contributed by atoms with van der Waals surface area (Å²) in [6.45, 7) is 3.15. The molecule has 1 aliphatic heterocycles. The van der Waals surface area contributed by atoms with E-state index in [0.717, 1.165) is 0 Å². The molecule has 19 heavy (non-hydrogen) atoms. The van der Waals surface area contributed by atoms with Crippen LogP contribution in [0.25, 0.3) is 0 Å². The Morgan fingerprint density at radius 1 is 1.63 bits per heavy atom. The number of rotatable bonds is 3. The van der Waals surface area contributed by atoms with Crippen LogP contribution in [0.4, 0.5) is 4.39 Å². The molecule has 1 aromatic rings. The fraction of sp³-hybridized carbons (Fsp3) is 0.429. The molecule has 1 aliphatic rings. The summed E-state index contributed by atoms with van der Waals surface area (Å²) in [5.74, 6) is -1.22. The van der Waals surface area contributed by atoms with Crippen LogP contribution in [0.5, 0.6) is 0 Å². The van der Waals surface area contributed by atoms with Gasteiger partial charge in [0.1, 0.15) is 5.82 Å². The fourth-order valence-corrected chi connectivity index (χ4v) is 2.35. The Hall–Kier alpha value is -1.93. The molecular weight excluding hydrogens is 247 g/mol. The third-order valence-corrected chi connectivity index (χ3v) is 3.64. The Kier molecular flexibility index (Phi) is 3.54. The number of aliphatic carboxylic acids is 1. The average Bonchev–Trinajstić information content (AvgIpc) is 2.75. The predicted molar refractivity (Wildman–Crippen MR) is 66.8 cm³/mol. The van der Waals surface area contributed by atoms with Gasteiger partial charge in [-0.05, 0) is 32.0 Å². The minimum Gasteiger partial charge on any atom is -0.481 e. The van der Waals surface area contributed by atoms with E-state index in [1.165, 1.54) is 6.07 Å². The smallest absolute Gasteiger partial charge is 0.310 e. The third-order valence-electron chi connectivity index (χ3n) is 3.64. The maximum absolute atomic E-state index is 13.7. The first-order valence-electron chi connectivity index (χ1n) is 6.09. The largest absolute Gasteiger partial charge is 0.481 e. The number of hydrogen-bond donors (Lipinski definition) is 1. The maximum Gasteiger partial charge on any atom is 0.310 e. The number of carboxylic acids is 1. The van der Waals surface area contributed by atoms with Crippen molar-refractivity contribution in [3.63, 3.8) is 0 Å². The van der Waals surface area contributed by atoms with Crippen LogP contribution in [0.1, 0.15) is 24.5 Å². The number of halogens is 1. The first-order chi connectivity index (χ1) is 8.94. The van der Waals surface area contributed by atoms with E-state index in [-0.39, 0.29) is 5.56 Å². The van der Waals surface area contributed by atoms with Gasteiger partial charge in [-0.3, -0.25) is 9.69 Å². The number of carboxylic acid groups (broad SMARTS) is 1. The Labute approximate surface area is 111 Å². The van der Waals surface area contributed by atoms with Crippen LogP contribution in [0.2, 0.25) is 0 Å². The molecule has 0 aromatic heterocycles. The fourth-order valence-electron chi connectivity index (χ4n) is 2.35. The van der Waals surface area contributed by atoms with Gasteiger partial charge in [-0.15, -0.1) is 0 Å². The molecule has 1 aromatic carbocycles. The minimum absolute atomic E-state index is 0.290. The van der Waals surface area contributed by atoms with Crippen molar-refractivity contribution in [3.05, 3.63) is 35.1 Å². The molecule has 0 saturated carbocycles. The number of benzene rings is 1. The van der Waals surface area contributed by atoms with Crippen LogP contribution in [0.15, 0.2) is 18.2 Å². The summed E-state index contributed by atoms with van der Waals surface area (Å²) in [6, 6.07) is 6.26. The highest BCUT2D eigenvalue weighted by Gasteiger charge is 2.40. The normalized spacial score (nSPS) is 23.2. The number of nitrogens with zero attached hydrogens (tertiary/aromatic N) is 2. The molecule has 1 N–H and O–H groups in total. The van der Waals surface area contributed by atoms with E-state index in [2.05, 4.69) is 0 Å². The zero-order chi connectivity index (χ0) is 14.0. The molecule has 1 saturated heterocycles. The topological polar surface area (TPSA) is 64.3 Å². The molecule has 0 radical (unpaired) electrons. The summed E-state index contributed by atoms with van der Waals surface area (Å²) in [6.07, 6.45) is 0.570. The Bertz CT molecular complexity index is 553. The van der Waals surface area contributed by atoms with Gasteiger partial charge in [-0.1, -0.05) is 6.07 Å². The van der Waals surface area contributed by atoms with Crippen molar-refractivity contribution < 1.29 is 14.3 Å². The second kappa shape index (κ2) is 4.98. The van der Waals surface area contributed by atoms with Gasteiger partial charge in [-0.2, -0.15) is 5.26 Å². The summed E-state index contributed by atoms with van der Waals surface area (Å²) in [5.41, 5.74) is 0.0370. The standard InChI is InChI=1S/C14H15FN2O2/c1-14(13(18)19)4-5-17(9-14)8-11-3-2-10(7-16)6-12(11)15/h2-3,6H,4-5,8-9H2,1H3,(H,18,19). The zero-order valence-corrected chi connectivity index (χ0v) is 10.7. The van der Waals surface area contributed by atoms with Crippen molar-refractivity contribution in [1.82, 2.24) is 4.90 Å². The second-order valence-corrected chi connectivity index (χ2v) is 5.24. The third kappa shape index (κ3) is 2.74. The van der Waals surface area contributed by atoms with Gasteiger partial charge in [0.2, 0.25) is 0 Å². The van der Waals surface area contributed by atoms with Crippen LogP contribution in [0.3, 0.4) is 0 Å². The molecule has 2 rings (SSSR count). The first kappa shape index (κ1) is 13.5. The SMILES string of the molecule is CC1(C(=O)O)CCN(Cc2ccc(C#N)cc2F)C1. The molecule has 0 spiro atoms. The Morgan fingerprint density at radius 3 is 2.89 bits per heavy atom. The van der Waals surface area contributed by atoms with Gasteiger partial charge in [0.25, 0.3) is 0 Å². The van der Waals surface area contributed by atoms with Crippen molar-refractivity contribution >= 4 is 5.97 Å². The molecule has 1 fully saturated rings. The van der Waals surface area contributed by atoms with E-state index in [4.69, 9.17) is 10.4 Å². The van der Waals surface area contributed by atoms with Crippen molar-refractivity contribution in [2.75, 3.05) is 13.1 Å². The number of hydrogen-bond acceptors (Lipinski definition) is 3. The monoisotopic (exact) mass is 262 g/mol. The highest BCUT2D eigenvalue weighted by atomic mass is 19.1. The molecule has 0 aliphatic carbocycles. The van der Waals surface area contributed by atoms with Crippen molar-refractivity contribution in [3.8, 4) is 6.07 Å². The van der Waals surface area contributed by atoms with E-state index >= 15 is 0 Å². The van der Waals surface area contributed by atoms with E-state index < -0.39 is 17.2 Å². The first-order valence-corrected chi connectivity index (χ1v) is 6.09. The maximum atomic E-state index is 13.7. The highest BCUT2D eigenvalue weighted by molar-refractivity contribution is 5.74. The van der Waals surface area contributed by atoms with Gasteiger partial charge < -0.3 is 5.11 Å². The van der Waals surface area contributed by atoms with Crippen molar-refractivity contribution in [2.45, 2.75) is 19.9 Å². The van der Waals surface area contributed by atoms with E-state index in [0.29, 0.717) is 31.6 Å². The van der Waals surface area contributed by atoms with E-state index in [1.807, 2.05) is 11.0 Å². The summed E-state index contributed by atoms with van der Waals surface area (Å²) >= 11 is 0. The van der Waals surface area contributed by atoms with Gasteiger partial charge >= 0.3 is 5.97 Å². The predicted octanol–water partition coefficient (Wildman–Crippen LogP) is 1.99. The minimum atomic E-state index is -0.810. The van der Waals surface area contributed by atoms with Gasteiger partial charge in [0, 0.05) is 18.7 Å². The number of likely N-dealkylation sites (tertiary alicyclic amines) is 1. The lowest BCUT2D eigenvalue weighted by Crippen LogP contribution is -2.31. The van der Waals surface area contributed by atoms with E-state index in [9.17, 15) is 9.18 Å².